The van der Waals surface area contributed by atoms with Crippen molar-refractivity contribution >= 4 is 0 Å². The first-order valence-electron chi connectivity index (χ1n) is 3.74. The monoisotopic (exact) mass is 184 g/mol. The lowest BCUT2D eigenvalue weighted by Gasteiger charge is -2.24. The number of hydrogen-bond donors (Lipinski definition) is 2. The van der Waals surface area contributed by atoms with Gasteiger partial charge in [0.1, 0.15) is 5.75 Å². The second-order valence-electron chi connectivity index (χ2n) is 2.54. The van der Waals surface area contributed by atoms with Crippen molar-refractivity contribution in [3.05, 3.63) is 29.8 Å². The largest absolute Gasteiger partial charge is 0.508 e. The smallest absolute Gasteiger partial charge is 0.308 e. The van der Waals surface area contributed by atoms with E-state index in [2.05, 4.69) is 0 Å². The summed E-state index contributed by atoms with van der Waals surface area (Å²) in [5.74, 6) is -1.62. The number of rotatable bonds is 3. The number of aliphatic hydroxyl groups is 1. The van der Waals surface area contributed by atoms with Crippen molar-refractivity contribution in [1.82, 2.24) is 0 Å². The molecule has 0 aliphatic rings. The number of phenols is 1. The third-order valence-electron chi connectivity index (χ3n) is 1.79. The quantitative estimate of drug-likeness (QED) is 0.682. The fourth-order valence-electron chi connectivity index (χ4n) is 0.991. The molecule has 4 heteroatoms. The molecule has 4 nitrogen and oxygen atoms in total. The van der Waals surface area contributed by atoms with Gasteiger partial charge >= 0.3 is 5.97 Å². The lowest BCUT2D eigenvalue weighted by molar-refractivity contribution is -0.352. The summed E-state index contributed by atoms with van der Waals surface area (Å²) in [6.07, 6.45) is 0. The van der Waals surface area contributed by atoms with E-state index in [-0.39, 0.29) is 5.75 Å². The van der Waals surface area contributed by atoms with E-state index >= 15 is 0 Å². The van der Waals surface area contributed by atoms with Gasteiger partial charge in [-0.2, -0.15) is 0 Å². The van der Waals surface area contributed by atoms with Crippen LogP contribution in [0.1, 0.15) is 5.56 Å². The Bertz CT molecular complexity index is 263. The highest BCUT2D eigenvalue weighted by Crippen LogP contribution is 2.23. The average molecular weight is 184 g/mol. The molecule has 0 fully saturated rings. The van der Waals surface area contributed by atoms with E-state index in [9.17, 15) is 5.11 Å². The SMILES string of the molecule is COC(O)(OC)c1ccc(O)cc1. The third kappa shape index (κ3) is 1.98. The standard InChI is InChI=1S/C9H12O4/c1-12-9(11,13-2)7-3-5-8(10)6-4-7/h3-6,10-11H,1-2H3. The molecule has 0 amide bonds. The number of hydrogen-bond acceptors (Lipinski definition) is 4. The molecular formula is C9H12O4. The van der Waals surface area contributed by atoms with Crippen molar-refractivity contribution < 1.29 is 19.7 Å². The molecule has 0 bridgehead atoms. The molecule has 0 saturated heterocycles. The molecule has 1 aromatic carbocycles. The van der Waals surface area contributed by atoms with Gasteiger partial charge in [-0.25, -0.2) is 0 Å². The highest BCUT2D eigenvalue weighted by molar-refractivity contribution is 5.27. The Labute approximate surface area is 76.3 Å². The van der Waals surface area contributed by atoms with Crippen LogP contribution < -0.4 is 0 Å². The van der Waals surface area contributed by atoms with E-state index < -0.39 is 5.97 Å². The molecule has 0 saturated carbocycles. The first kappa shape index (κ1) is 9.98. The van der Waals surface area contributed by atoms with Gasteiger partial charge in [0.25, 0.3) is 0 Å². The predicted octanol–water partition coefficient (Wildman–Crippen LogP) is 0.788. The van der Waals surface area contributed by atoms with Gasteiger partial charge in [-0.15, -0.1) is 0 Å². The summed E-state index contributed by atoms with van der Waals surface area (Å²) in [6, 6.07) is 5.92. The zero-order valence-electron chi connectivity index (χ0n) is 7.52. The zero-order valence-corrected chi connectivity index (χ0v) is 7.52. The topological polar surface area (TPSA) is 58.9 Å². The van der Waals surface area contributed by atoms with E-state index in [0.29, 0.717) is 5.56 Å². The fraction of sp³-hybridized carbons (Fsp3) is 0.333. The Kier molecular flexibility index (Phi) is 2.87. The zero-order chi connectivity index (χ0) is 9.90. The van der Waals surface area contributed by atoms with Gasteiger partial charge in [0.2, 0.25) is 0 Å². The van der Waals surface area contributed by atoms with Crippen LogP contribution in [-0.2, 0) is 15.4 Å². The third-order valence-corrected chi connectivity index (χ3v) is 1.79. The summed E-state index contributed by atoms with van der Waals surface area (Å²) in [5, 5.41) is 18.7. The van der Waals surface area contributed by atoms with Crippen LogP contribution in [-0.4, -0.2) is 24.4 Å². The summed E-state index contributed by atoms with van der Waals surface area (Å²) in [6.45, 7) is 0. The lowest BCUT2D eigenvalue weighted by Crippen LogP contribution is -2.29. The van der Waals surface area contributed by atoms with Crippen LogP contribution in [0.15, 0.2) is 24.3 Å². The molecule has 0 aliphatic heterocycles. The minimum Gasteiger partial charge on any atom is -0.508 e. The second-order valence-corrected chi connectivity index (χ2v) is 2.54. The molecule has 0 spiro atoms. The predicted molar refractivity (Wildman–Crippen MR) is 46.0 cm³/mol. The molecule has 1 rings (SSSR count). The van der Waals surface area contributed by atoms with Crippen molar-refractivity contribution in [3.63, 3.8) is 0 Å². The maximum atomic E-state index is 9.66. The Morgan fingerprint density at radius 2 is 1.54 bits per heavy atom. The fourth-order valence-corrected chi connectivity index (χ4v) is 0.991. The van der Waals surface area contributed by atoms with Crippen molar-refractivity contribution in [2.75, 3.05) is 14.2 Å². The summed E-state index contributed by atoms with van der Waals surface area (Å²) < 4.78 is 9.53. The highest BCUT2D eigenvalue weighted by Gasteiger charge is 2.28. The summed E-state index contributed by atoms with van der Waals surface area (Å²) >= 11 is 0. The summed E-state index contributed by atoms with van der Waals surface area (Å²) in [4.78, 5) is 0. The van der Waals surface area contributed by atoms with Gasteiger partial charge in [-0.05, 0) is 24.3 Å². The molecule has 2 N–H and O–H groups in total. The normalized spacial score (nSPS) is 11.6. The van der Waals surface area contributed by atoms with Crippen LogP contribution in [0.2, 0.25) is 0 Å². The van der Waals surface area contributed by atoms with Gasteiger partial charge in [0.15, 0.2) is 0 Å². The second kappa shape index (κ2) is 3.74. The first-order valence-corrected chi connectivity index (χ1v) is 3.74. The molecule has 13 heavy (non-hydrogen) atoms. The van der Waals surface area contributed by atoms with Gasteiger partial charge in [-0.3, -0.25) is 0 Å². The Hall–Kier alpha value is -1.10. The molecule has 0 aliphatic carbocycles. The minimum atomic E-state index is -1.74. The van der Waals surface area contributed by atoms with Crippen LogP contribution in [0.4, 0.5) is 0 Å². The van der Waals surface area contributed by atoms with Gasteiger partial charge in [-0.1, -0.05) is 0 Å². The van der Waals surface area contributed by atoms with E-state index in [4.69, 9.17) is 14.6 Å². The van der Waals surface area contributed by atoms with Crippen molar-refractivity contribution in [1.29, 1.82) is 0 Å². The Morgan fingerprint density at radius 1 is 1.08 bits per heavy atom. The lowest BCUT2D eigenvalue weighted by atomic mass is 10.2. The van der Waals surface area contributed by atoms with Crippen LogP contribution >= 0.6 is 0 Å². The molecular weight excluding hydrogens is 172 g/mol. The maximum absolute atomic E-state index is 9.66. The average Bonchev–Trinajstić information content (AvgIpc) is 2.18. The van der Waals surface area contributed by atoms with Gasteiger partial charge in [0.05, 0.1) is 0 Å². The molecule has 0 atom stereocenters. The molecule has 1 aromatic rings. The van der Waals surface area contributed by atoms with Gasteiger partial charge in [0, 0.05) is 19.8 Å². The van der Waals surface area contributed by atoms with Crippen molar-refractivity contribution in [2.45, 2.75) is 5.97 Å². The highest BCUT2D eigenvalue weighted by atomic mass is 16.8. The summed E-state index contributed by atoms with van der Waals surface area (Å²) in [7, 11) is 2.66. The number of ether oxygens (including phenoxy) is 2. The molecule has 0 unspecified atom stereocenters. The summed E-state index contributed by atoms with van der Waals surface area (Å²) in [5.41, 5.74) is 0.426. The number of phenolic OH excluding ortho intramolecular Hbond substituents is 1. The minimum absolute atomic E-state index is 0.123. The van der Waals surface area contributed by atoms with Crippen LogP contribution in [0.25, 0.3) is 0 Å². The number of methoxy groups -OCH3 is 2. The van der Waals surface area contributed by atoms with E-state index in [1.54, 1.807) is 0 Å². The molecule has 0 aromatic heterocycles. The van der Waals surface area contributed by atoms with Crippen molar-refractivity contribution in [2.24, 2.45) is 0 Å². The Morgan fingerprint density at radius 3 is 1.92 bits per heavy atom. The van der Waals surface area contributed by atoms with Crippen LogP contribution in [0, 0.1) is 0 Å². The van der Waals surface area contributed by atoms with E-state index in [0.717, 1.165) is 0 Å². The molecule has 72 valence electrons. The maximum Gasteiger partial charge on any atom is 0.308 e. The van der Waals surface area contributed by atoms with Crippen molar-refractivity contribution in [3.8, 4) is 5.75 Å². The molecule has 0 heterocycles. The number of aromatic hydroxyl groups is 1. The van der Waals surface area contributed by atoms with Gasteiger partial charge < -0.3 is 19.7 Å². The first-order chi connectivity index (χ1) is 6.12. The number of benzene rings is 1. The molecule has 0 radical (unpaired) electrons. The van der Waals surface area contributed by atoms with Crippen LogP contribution in [0.5, 0.6) is 5.75 Å². The van der Waals surface area contributed by atoms with E-state index in [1.165, 1.54) is 38.5 Å². The van der Waals surface area contributed by atoms with E-state index in [1.807, 2.05) is 0 Å². The van der Waals surface area contributed by atoms with Crippen LogP contribution in [0.3, 0.4) is 0 Å². The Balaban J connectivity index is 2.99.